The highest BCUT2D eigenvalue weighted by molar-refractivity contribution is 5.85. The summed E-state index contributed by atoms with van der Waals surface area (Å²) in [6, 6.07) is 10.4. The number of methoxy groups -OCH3 is 1. The first kappa shape index (κ1) is 24.1. The molecule has 1 amide bonds. The van der Waals surface area contributed by atoms with Crippen molar-refractivity contribution in [3.8, 4) is 0 Å². The SMILES string of the molecule is COCC1(C(=O)NCCN(C)Cc2ccccc2)CCNCC1.Cl.Cl. The number of rotatable bonds is 8. The predicted molar refractivity (Wildman–Crippen MR) is 107 cm³/mol. The van der Waals surface area contributed by atoms with Crippen molar-refractivity contribution in [3.05, 3.63) is 35.9 Å². The largest absolute Gasteiger partial charge is 0.384 e. The van der Waals surface area contributed by atoms with Crippen LogP contribution in [0.5, 0.6) is 0 Å². The Kier molecular flexibility index (Phi) is 12.1. The number of hydrogen-bond acceptors (Lipinski definition) is 4. The average molecular weight is 392 g/mol. The van der Waals surface area contributed by atoms with E-state index >= 15 is 0 Å². The van der Waals surface area contributed by atoms with Crippen molar-refractivity contribution in [2.45, 2.75) is 19.4 Å². The van der Waals surface area contributed by atoms with Gasteiger partial charge in [-0.2, -0.15) is 0 Å². The monoisotopic (exact) mass is 391 g/mol. The number of piperidine rings is 1. The maximum Gasteiger partial charge on any atom is 0.228 e. The fourth-order valence-corrected chi connectivity index (χ4v) is 3.14. The van der Waals surface area contributed by atoms with Crippen LogP contribution in [0.15, 0.2) is 30.3 Å². The van der Waals surface area contributed by atoms with Crippen molar-refractivity contribution in [1.29, 1.82) is 0 Å². The van der Waals surface area contributed by atoms with Gasteiger partial charge in [0.05, 0.1) is 12.0 Å². The zero-order chi connectivity index (χ0) is 16.5. The van der Waals surface area contributed by atoms with Gasteiger partial charge in [-0.25, -0.2) is 0 Å². The number of ether oxygens (including phenoxy) is 1. The molecule has 0 spiro atoms. The number of nitrogens with zero attached hydrogens (tertiary/aromatic N) is 1. The first-order valence-corrected chi connectivity index (χ1v) is 8.37. The van der Waals surface area contributed by atoms with Crippen LogP contribution in [0.1, 0.15) is 18.4 Å². The molecule has 2 N–H and O–H groups in total. The summed E-state index contributed by atoms with van der Waals surface area (Å²) >= 11 is 0. The molecule has 0 saturated carbocycles. The van der Waals surface area contributed by atoms with Crippen LogP contribution < -0.4 is 10.6 Å². The van der Waals surface area contributed by atoms with Crippen LogP contribution in [0.25, 0.3) is 0 Å². The third kappa shape index (κ3) is 7.50. The van der Waals surface area contributed by atoms with Crippen LogP contribution >= 0.6 is 24.8 Å². The highest BCUT2D eigenvalue weighted by Crippen LogP contribution is 2.29. The fourth-order valence-electron chi connectivity index (χ4n) is 3.14. The quantitative estimate of drug-likeness (QED) is 0.712. The highest BCUT2D eigenvalue weighted by Gasteiger charge is 2.39. The van der Waals surface area contributed by atoms with Gasteiger partial charge >= 0.3 is 0 Å². The van der Waals surface area contributed by atoms with Crippen LogP contribution in [0, 0.1) is 5.41 Å². The van der Waals surface area contributed by atoms with Crippen molar-refractivity contribution >= 4 is 30.7 Å². The van der Waals surface area contributed by atoms with Gasteiger partial charge in [-0.1, -0.05) is 30.3 Å². The van der Waals surface area contributed by atoms with E-state index in [9.17, 15) is 4.79 Å². The summed E-state index contributed by atoms with van der Waals surface area (Å²) in [5.41, 5.74) is 0.924. The lowest BCUT2D eigenvalue weighted by atomic mass is 9.78. The summed E-state index contributed by atoms with van der Waals surface area (Å²) in [4.78, 5) is 14.8. The van der Waals surface area contributed by atoms with E-state index in [2.05, 4.69) is 46.8 Å². The van der Waals surface area contributed by atoms with Gasteiger partial charge in [0.25, 0.3) is 0 Å². The standard InChI is InChI=1S/C18H29N3O2.2ClH/c1-21(14-16-6-4-3-5-7-16)13-12-20-17(22)18(15-23-2)8-10-19-11-9-18;;/h3-7,19H,8-15H2,1-2H3,(H,20,22);2*1H. The molecular weight excluding hydrogens is 361 g/mol. The van der Waals surface area contributed by atoms with E-state index in [1.54, 1.807) is 7.11 Å². The minimum atomic E-state index is -0.363. The second-order valence-electron chi connectivity index (χ2n) is 6.44. The summed E-state index contributed by atoms with van der Waals surface area (Å²) in [6.45, 7) is 4.66. The molecule has 1 aliphatic heterocycles. The molecule has 7 heteroatoms. The normalized spacial score (nSPS) is 15.8. The average Bonchev–Trinajstić information content (AvgIpc) is 2.57. The molecule has 1 fully saturated rings. The highest BCUT2D eigenvalue weighted by atomic mass is 35.5. The minimum Gasteiger partial charge on any atom is -0.384 e. The Balaban J connectivity index is 0.00000288. The zero-order valence-corrected chi connectivity index (χ0v) is 16.8. The molecule has 1 heterocycles. The number of amides is 1. The first-order valence-electron chi connectivity index (χ1n) is 8.37. The maximum atomic E-state index is 12.6. The van der Waals surface area contributed by atoms with Crippen LogP contribution in [-0.2, 0) is 16.1 Å². The molecule has 25 heavy (non-hydrogen) atoms. The maximum absolute atomic E-state index is 12.6. The van der Waals surface area contributed by atoms with Crippen molar-refractivity contribution in [1.82, 2.24) is 15.5 Å². The molecular formula is C18H31Cl2N3O2. The number of benzene rings is 1. The molecule has 144 valence electrons. The van der Waals surface area contributed by atoms with Gasteiger partial charge in [-0.05, 0) is 38.5 Å². The van der Waals surface area contributed by atoms with Crippen molar-refractivity contribution in [2.75, 3.05) is 46.9 Å². The molecule has 0 aliphatic carbocycles. The van der Waals surface area contributed by atoms with Crippen molar-refractivity contribution in [2.24, 2.45) is 5.41 Å². The third-order valence-electron chi connectivity index (χ3n) is 4.54. The molecule has 1 saturated heterocycles. The lowest BCUT2D eigenvalue weighted by molar-refractivity contribution is -0.136. The van der Waals surface area contributed by atoms with Gasteiger partial charge in [0, 0.05) is 26.7 Å². The second kappa shape index (κ2) is 12.5. The number of halogens is 2. The van der Waals surface area contributed by atoms with E-state index in [1.165, 1.54) is 5.56 Å². The molecule has 0 bridgehead atoms. The first-order chi connectivity index (χ1) is 11.2. The minimum absolute atomic E-state index is 0. The number of nitrogens with one attached hydrogen (secondary N) is 2. The smallest absolute Gasteiger partial charge is 0.228 e. The molecule has 1 aromatic carbocycles. The Labute approximate surface area is 163 Å². The van der Waals surface area contributed by atoms with Crippen LogP contribution in [0.4, 0.5) is 0 Å². The Morgan fingerprint density at radius 2 is 1.88 bits per heavy atom. The predicted octanol–water partition coefficient (Wildman–Crippen LogP) is 2.09. The topological polar surface area (TPSA) is 53.6 Å². The summed E-state index contributed by atoms with van der Waals surface area (Å²) in [5.74, 6) is 0.133. The Morgan fingerprint density at radius 3 is 2.48 bits per heavy atom. The molecule has 1 aromatic rings. The molecule has 0 unspecified atom stereocenters. The van der Waals surface area contributed by atoms with Gasteiger partial charge < -0.3 is 20.3 Å². The molecule has 2 rings (SSSR count). The van der Waals surface area contributed by atoms with Gasteiger partial charge in [0.15, 0.2) is 0 Å². The van der Waals surface area contributed by atoms with E-state index in [0.29, 0.717) is 13.2 Å². The third-order valence-corrected chi connectivity index (χ3v) is 4.54. The van der Waals surface area contributed by atoms with Gasteiger partial charge in [0.1, 0.15) is 0 Å². The lowest BCUT2D eigenvalue weighted by Crippen LogP contribution is -2.51. The summed E-state index contributed by atoms with van der Waals surface area (Å²) in [7, 11) is 3.75. The van der Waals surface area contributed by atoms with E-state index in [-0.39, 0.29) is 36.1 Å². The lowest BCUT2D eigenvalue weighted by Gasteiger charge is -2.35. The second-order valence-corrected chi connectivity index (χ2v) is 6.44. The fraction of sp³-hybridized carbons (Fsp3) is 0.611. The van der Waals surface area contributed by atoms with E-state index in [4.69, 9.17) is 4.74 Å². The zero-order valence-electron chi connectivity index (χ0n) is 15.1. The number of hydrogen-bond donors (Lipinski definition) is 2. The van der Waals surface area contributed by atoms with Crippen LogP contribution in [0.2, 0.25) is 0 Å². The molecule has 5 nitrogen and oxygen atoms in total. The summed E-state index contributed by atoms with van der Waals surface area (Å²) in [5, 5.41) is 6.42. The molecule has 0 atom stereocenters. The Bertz CT molecular complexity index is 477. The molecule has 1 aliphatic rings. The Hall–Kier alpha value is -0.850. The molecule has 0 radical (unpaired) electrons. The van der Waals surface area contributed by atoms with Crippen molar-refractivity contribution in [3.63, 3.8) is 0 Å². The van der Waals surface area contributed by atoms with Crippen LogP contribution in [0.3, 0.4) is 0 Å². The van der Waals surface area contributed by atoms with Gasteiger partial charge in [-0.3, -0.25) is 4.79 Å². The van der Waals surface area contributed by atoms with E-state index < -0.39 is 0 Å². The van der Waals surface area contributed by atoms with Crippen LogP contribution in [-0.4, -0.2) is 57.8 Å². The van der Waals surface area contributed by atoms with Crippen molar-refractivity contribution < 1.29 is 9.53 Å². The number of likely N-dealkylation sites (N-methyl/N-ethyl adjacent to an activating group) is 1. The summed E-state index contributed by atoms with van der Waals surface area (Å²) < 4.78 is 5.31. The van der Waals surface area contributed by atoms with Gasteiger partial charge in [0.2, 0.25) is 5.91 Å². The van der Waals surface area contributed by atoms with E-state index in [0.717, 1.165) is 39.0 Å². The van der Waals surface area contributed by atoms with E-state index in [1.807, 2.05) is 6.07 Å². The Morgan fingerprint density at radius 1 is 1.24 bits per heavy atom. The number of carbonyl (C=O) groups excluding carboxylic acids is 1. The summed E-state index contributed by atoms with van der Waals surface area (Å²) in [6.07, 6.45) is 1.68. The van der Waals surface area contributed by atoms with Gasteiger partial charge in [-0.15, -0.1) is 24.8 Å². The number of carbonyl (C=O) groups is 1. The molecule has 0 aromatic heterocycles.